The molecule has 0 aliphatic carbocycles. The van der Waals surface area contributed by atoms with E-state index in [0.717, 1.165) is 0 Å². The highest BCUT2D eigenvalue weighted by atomic mass is 31.1. The molecule has 0 radical (unpaired) electrons. The van der Waals surface area contributed by atoms with Crippen LogP contribution in [0, 0.1) is 0 Å². The zero-order chi connectivity index (χ0) is 33.0. The van der Waals surface area contributed by atoms with Crippen LogP contribution in [-0.2, 0) is 22.7 Å². The molecule has 4 heteroatoms. The van der Waals surface area contributed by atoms with Crippen molar-refractivity contribution in [3.05, 3.63) is 193 Å². The Morgan fingerprint density at radius 1 is 0.354 bits per heavy atom. The summed E-state index contributed by atoms with van der Waals surface area (Å²) >= 11 is 0. The molecule has 0 saturated carbocycles. The van der Waals surface area contributed by atoms with E-state index in [9.17, 15) is 0 Å². The maximum absolute atomic E-state index is 7.21. The van der Waals surface area contributed by atoms with Crippen LogP contribution in [0.5, 0.6) is 0 Å². The molecule has 0 heterocycles. The van der Waals surface area contributed by atoms with Gasteiger partial charge in [-0.05, 0) is 48.2 Å². The van der Waals surface area contributed by atoms with Crippen molar-refractivity contribution >= 4 is 37.1 Å². The molecule has 0 saturated heterocycles. The topological polar surface area (TPSA) is 18.5 Å². The van der Waals surface area contributed by atoms with Crippen LogP contribution in [0.2, 0.25) is 0 Å². The second kappa shape index (κ2) is 17.5. The van der Waals surface area contributed by atoms with Crippen LogP contribution < -0.4 is 21.2 Å². The zero-order valence-electron chi connectivity index (χ0n) is 27.8. The number of benzene rings is 6. The Hall–Kier alpha value is -3.90. The molecule has 0 N–H and O–H groups in total. The third-order valence-corrected chi connectivity index (χ3v) is 14.4. The monoisotopic (exact) mass is 666 g/mol. The summed E-state index contributed by atoms with van der Waals surface area (Å²) in [4.78, 5) is 0. The summed E-state index contributed by atoms with van der Waals surface area (Å²) in [5.74, 6) is 0. The number of hydrogen-bond acceptors (Lipinski definition) is 2. The van der Waals surface area contributed by atoms with Gasteiger partial charge in [-0.3, -0.25) is 0 Å². The van der Waals surface area contributed by atoms with Crippen molar-refractivity contribution in [1.82, 2.24) is 0 Å². The second-order valence-electron chi connectivity index (χ2n) is 12.1. The maximum atomic E-state index is 7.21. The van der Waals surface area contributed by atoms with E-state index in [1.54, 1.807) is 0 Å². The highest BCUT2D eigenvalue weighted by Gasteiger charge is 2.41. The van der Waals surface area contributed by atoms with Gasteiger partial charge >= 0.3 is 0 Å². The van der Waals surface area contributed by atoms with Gasteiger partial charge in [0, 0.05) is 11.3 Å². The van der Waals surface area contributed by atoms with Crippen molar-refractivity contribution in [2.45, 2.75) is 50.6 Å². The Labute approximate surface area is 289 Å². The number of hydrogen-bond donors (Lipinski definition) is 0. The zero-order valence-corrected chi connectivity index (χ0v) is 29.5. The quantitative estimate of drug-likeness (QED) is 0.102. The van der Waals surface area contributed by atoms with E-state index in [4.69, 9.17) is 9.47 Å². The highest BCUT2D eigenvalue weighted by Crippen LogP contribution is 2.48. The second-order valence-corrected chi connectivity index (χ2v) is 17.3. The molecule has 48 heavy (non-hydrogen) atoms. The fourth-order valence-corrected chi connectivity index (χ4v) is 12.0. The van der Waals surface area contributed by atoms with E-state index in [2.05, 4.69) is 196 Å². The predicted molar refractivity (Wildman–Crippen MR) is 207 cm³/mol. The standard InChI is InChI=1S/C44H44O2P2/c1-35(47(39-25-13-5-14-26-39)40-27-15-6-16-28-40)43(45-33-37-21-9-3-10-22-37)44(46-34-38-23-11-4-12-24-38)36(2)48(41-29-17-7-18-30-41)42-31-19-8-20-32-42/h3-32,35-36,43-44H,33-34H2,1-2H3/t35-,36-,43-,44-/m1/s1. The van der Waals surface area contributed by atoms with Gasteiger partial charge in [-0.1, -0.05) is 196 Å². The fraction of sp³-hybridized carbons (Fsp3) is 0.182. The Morgan fingerprint density at radius 2 is 0.583 bits per heavy atom. The van der Waals surface area contributed by atoms with Crippen molar-refractivity contribution in [3.63, 3.8) is 0 Å². The molecule has 0 aliphatic rings. The third-order valence-electron chi connectivity index (χ3n) is 8.80. The average molecular weight is 667 g/mol. The molecule has 4 atom stereocenters. The lowest BCUT2D eigenvalue weighted by Gasteiger charge is -2.41. The Bertz CT molecular complexity index is 1540. The van der Waals surface area contributed by atoms with E-state index >= 15 is 0 Å². The first kappa shape index (κ1) is 34.0. The maximum Gasteiger partial charge on any atom is 0.0918 e. The van der Waals surface area contributed by atoms with Gasteiger partial charge in [-0.2, -0.15) is 0 Å². The van der Waals surface area contributed by atoms with Crippen molar-refractivity contribution in [2.75, 3.05) is 0 Å². The molecule has 0 amide bonds. The van der Waals surface area contributed by atoms with E-state index in [-0.39, 0.29) is 23.5 Å². The van der Waals surface area contributed by atoms with Crippen molar-refractivity contribution in [2.24, 2.45) is 0 Å². The van der Waals surface area contributed by atoms with Crippen molar-refractivity contribution in [1.29, 1.82) is 0 Å². The van der Waals surface area contributed by atoms with Crippen molar-refractivity contribution in [3.8, 4) is 0 Å². The summed E-state index contributed by atoms with van der Waals surface area (Å²) in [5.41, 5.74) is 2.64. The van der Waals surface area contributed by atoms with Gasteiger partial charge in [0.2, 0.25) is 0 Å². The molecular formula is C44H44O2P2. The molecule has 6 rings (SSSR count). The third kappa shape index (κ3) is 8.76. The fourth-order valence-electron chi connectivity index (χ4n) is 6.44. The lowest BCUT2D eigenvalue weighted by Crippen LogP contribution is -2.47. The minimum Gasteiger partial charge on any atom is -0.370 e. The Balaban J connectivity index is 1.47. The smallest absolute Gasteiger partial charge is 0.0918 e. The molecule has 6 aromatic rings. The van der Waals surface area contributed by atoms with Gasteiger partial charge < -0.3 is 9.47 Å². The van der Waals surface area contributed by atoms with Gasteiger partial charge in [0.05, 0.1) is 25.4 Å². The first-order valence-corrected chi connectivity index (χ1v) is 19.6. The number of rotatable bonds is 15. The summed E-state index contributed by atoms with van der Waals surface area (Å²) in [7, 11) is -1.56. The average Bonchev–Trinajstić information content (AvgIpc) is 3.15. The minimum absolute atomic E-state index is 0.153. The molecule has 2 nitrogen and oxygen atoms in total. The van der Waals surface area contributed by atoms with Gasteiger partial charge in [0.1, 0.15) is 0 Å². The SMILES string of the molecule is C[C@H]([C@@H](OCc1ccccc1)[C@H](OCc1ccccc1)[C@@H](C)P(c1ccccc1)c1ccccc1)P(c1ccccc1)c1ccccc1. The first-order valence-electron chi connectivity index (χ1n) is 16.8. The van der Waals surface area contributed by atoms with E-state index in [1.807, 2.05) is 0 Å². The van der Waals surface area contributed by atoms with Crippen molar-refractivity contribution < 1.29 is 9.47 Å². The Morgan fingerprint density at radius 3 is 0.833 bits per heavy atom. The van der Waals surface area contributed by atoms with Crippen LogP contribution in [0.1, 0.15) is 25.0 Å². The largest absolute Gasteiger partial charge is 0.370 e. The highest BCUT2D eigenvalue weighted by molar-refractivity contribution is 7.74. The van der Waals surface area contributed by atoms with Gasteiger partial charge in [-0.25, -0.2) is 0 Å². The summed E-state index contributed by atoms with van der Waals surface area (Å²) in [6, 6.07) is 65.1. The normalized spacial score (nSPS) is 14.0. The van der Waals surface area contributed by atoms with Crippen LogP contribution in [0.15, 0.2) is 182 Å². The van der Waals surface area contributed by atoms with Crippen LogP contribution in [0.4, 0.5) is 0 Å². The predicted octanol–water partition coefficient (Wildman–Crippen LogP) is 9.20. The number of ether oxygens (including phenoxy) is 2. The van der Waals surface area contributed by atoms with Gasteiger partial charge in [0.25, 0.3) is 0 Å². The molecule has 0 spiro atoms. The molecule has 0 bridgehead atoms. The molecule has 242 valence electrons. The minimum atomic E-state index is -0.780. The van der Waals surface area contributed by atoms with Crippen LogP contribution in [0.25, 0.3) is 0 Å². The molecule has 0 fully saturated rings. The summed E-state index contributed by atoms with van der Waals surface area (Å²) in [5, 5.41) is 5.40. The molecule has 6 aromatic carbocycles. The van der Waals surface area contributed by atoms with Crippen LogP contribution in [0.3, 0.4) is 0 Å². The van der Waals surface area contributed by atoms with E-state index < -0.39 is 15.8 Å². The first-order chi connectivity index (χ1) is 23.7. The lowest BCUT2D eigenvalue weighted by molar-refractivity contribution is -0.0837. The van der Waals surface area contributed by atoms with Crippen LogP contribution >= 0.6 is 15.8 Å². The lowest BCUT2D eigenvalue weighted by atomic mass is 10.1. The van der Waals surface area contributed by atoms with Gasteiger partial charge in [-0.15, -0.1) is 0 Å². The molecule has 0 unspecified atom stereocenters. The Kier molecular flexibility index (Phi) is 12.4. The molecular weight excluding hydrogens is 622 g/mol. The summed E-state index contributed by atoms with van der Waals surface area (Å²) in [6.45, 7) is 5.82. The van der Waals surface area contributed by atoms with E-state index in [0.29, 0.717) is 13.2 Å². The summed E-state index contributed by atoms with van der Waals surface area (Å²) < 4.78 is 14.4. The molecule has 0 aromatic heterocycles. The summed E-state index contributed by atoms with van der Waals surface area (Å²) in [6.07, 6.45) is -0.374. The van der Waals surface area contributed by atoms with E-state index in [1.165, 1.54) is 32.3 Å². The van der Waals surface area contributed by atoms with Crippen LogP contribution in [-0.4, -0.2) is 23.5 Å². The van der Waals surface area contributed by atoms with Gasteiger partial charge in [0.15, 0.2) is 0 Å². The molecule has 0 aliphatic heterocycles.